The Bertz CT molecular complexity index is 601. The summed E-state index contributed by atoms with van der Waals surface area (Å²) in [5, 5.41) is 3.38. The third-order valence-corrected chi connectivity index (χ3v) is 3.24. The number of hydrogen-bond donors (Lipinski definition) is 1. The molecule has 0 aliphatic heterocycles. The highest BCUT2D eigenvalue weighted by atomic mass is 19.1. The fourth-order valence-electron chi connectivity index (χ4n) is 2.26. The summed E-state index contributed by atoms with van der Waals surface area (Å²) in [7, 11) is 3.26. The van der Waals surface area contributed by atoms with Gasteiger partial charge in [0, 0.05) is 12.1 Å². The Kier molecular flexibility index (Phi) is 5.04. The maximum absolute atomic E-state index is 13.2. The van der Waals surface area contributed by atoms with E-state index in [9.17, 15) is 4.39 Å². The molecule has 1 unspecified atom stereocenters. The topological polar surface area (TPSA) is 30.5 Å². The van der Waals surface area contributed by atoms with E-state index in [2.05, 4.69) is 5.32 Å². The van der Waals surface area contributed by atoms with Crippen LogP contribution in [0.5, 0.6) is 11.5 Å². The first-order valence-corrected chi connectivity index (χ1v) is 6.85. The molecule has 112 valence electrons. The number of halogens is 1. The van der Waals surface area contributed by atoms with E-state index in [1.54, 1.807) is 26.4 Å². The molecule has 0 saturated carbocycles. The van der Waals surface area contributed by atoms with Gasteiger partial charge in [-0.25, -0.2) is 4.39 Å². The Balaban J connectivity index is 2.09. The van der Waals surface area contributed by atoms with Gasteiger partial charge < -0.3 is 14.8 Å². The van der Waals surface area contributed by atoms with Crippen molar-refractivity contribution < 1.29 is 13.9 Å². The second-order valence-corrected chi connectivity index (χ2v) is 4.95. The zero-order chi connectivity index (χ0) is 15.2. The lowest BCUT2D eigenvalue weighted by Gasteiger charge is -2.18. The number of methoxy groups -OCH3 is 2. The predicted octanol–water partition coefficient (Wildman–Crippen LogP) is 3.89. The number of anilines is 1. The zero-order valence-electron chi connectivity index (χ0n) is 12.5. The van der Waals surface area contributed by atoms with E-state index in [4.69, 9.17) is 9.47 Å². The molecule has 21 heavy (non-hydrogen) atoms. The molecule has 0 amide bonds. The van der Waals surface area contributed by atoms with Crippen LogP contribution in [-0.4, -0.2) is 20.3 Å². The fourth-order valence-corrected chi connectivity index (χ4v) is 2.26. The molecule has 0 radical (unpaired) electrons. The maximum atomic E-state index is 13.2. The summed E-state index contributed by atoms with van der Waals surface area (Å²) in [6.07, 6.45) is 0.720. The molecule has 0 aromatic heterocycles. The van der Waals surface area contributed by atoms with Crippen molar-refractivity contribution >= 4 is 5.69 Å². The Morgan fingerprint density at radius 2 is 1.90 bits per heavy atom. The Morgan fingerprint density at radius 3 is 2.57 bits per heavy atom. The molecule has 2 aromatic carbocycles. The van der Waals surface area contributed by atoms with E-state index in [0.29, 0.717) is 0 Å². The van der Waals surface area contributed by atoms with Crippen LogP contribution in [0.1, 0.15) is 12.5 Å². The number of hydrogen-bond acceptors (Lipinski definition) is 3. The van der Waals surface area contributed by atoms with Crippen LogP contribution >= 0.6 is 0 Å². The first-order valence-electron chi connectivity index (χ1n) is 6.85. The van der Waals surface area contributed by atoms with Crippen molar-refractivity contribution in [3.8, 4) is 11.5 Å². The third-order valence-electron chi connectivity index (χ3n) is 3.24. The zero-order valence-corrected chi connectivity index (χ0v) is 12.5. The lowest BCUT2D eigenvalue weighted by molar-refractivity contribution is 0.404. The quantitative estimate of drug-likeness (QED) is 0.875. The minimum absolute atomic E-state index is 0.132. The Hall–Kier alpha value is -2.23. The van der Waals surface area contributed by atoms with Crippen LogP contribution in [0.25, 0.3) is 0 Å². The predicted molar refractivity (Wildman–Crippen MR) is 82.7 cm³/mol. The third kappa shape index (κ3) is 4.12. The molecule has 1 atom stereocenters. The van der Waals surface area contributed by atoms with Crippen molar-refractivity contribution in [1.29, 1.82) is 0 Å². The van der Waals surface area contributed by atoms with E-state index in [0.717, 1.165) is 29.2 Å². The molecule has 0 spiro atoms. The van der Waals surface area contributed by atoms with Crippen LogP contribution in [0.3, 0.4) is 0 Å². The maximum Gasteiger partial charge on any atom is 0.142 e. The molecule has 3 nitrogen and oxygen atoms in total. The van der Waals surface area contributed by atoms with Gasteiger partial charge in [-0.05, 0) is 43.2 Å². The number of ether oxygens (including phenoxy) is 2. The van der Waals surface area contributed by atoms with Gasteiger partial charge in [-0.15, -0.1) is 0 Å². The molecule has 2 aromatic rings. The molecule has 4 heteroatoms. The fraction of sp³-hybridized carbons (Fsp3) is 0.294. The summed E-state index contributed by atoms with van der Waals surface area (Å²) in [6, 6.07) is 12.4. The Labute approximate surface area is 124 Å². The molecule has 0 fully saturated rings. The first kappa shape index (κ1) is 15.2. The van der Waals surface area contributed by atoms with Gasteiger partial charge in [0.15, 0.2) is 0 Å². The van der Waals surface area contributed by atoms with Gasteiger partial charge in [0.2, 0.25) is 0 Å². The minimum atomic E-state index is -0.210. The van der Waals surface area contributed by atoms with Crippen LogP contribution in [0.15, 0.2) is 42.5 Å². The van der Waals surface area contributed by atoms with E-state index >= 15 is 0 Å². The van der Waals surface area contributed by atoms with E-state index in [1.165, 1.54) is 6.07 Å². The van der Waals surface area contributed by atoms with Crippen LogP contribution in [-0.2, 0) is 6.42 Å². The molecular weight excluding hydrogens is 269 g/mol. The Morgan fingerprint density at radius 1 is 1.10 bits per heavy atom. The van der Waals surface area contributed by atoms with Gasteiger partial charge >= 0.3 is 0 Å². The van der Waals surface area contributed by atoms with Crippen molar-refractivity contribution in [3.63, 3.8) is 0 Å². The lowest BCUT2D eigenvalue weighted by atomic mass is 10.1. The molecule has 0 aliphatic carbocycles. The summed E-state index contributed by atoms with van der Waals surface area (Å²) >= 11 is 0. The highest BCUT2D eigenvalue weighted by Gasteiger charge is 2.09. The van der Waals surface area contributed by atoms with Crippen molar-refractivity contribution in [2.24, 2.45) is 0 Å². The SMILES string of the molecule is COc1ccc(OC)c(NC(C)Cc2cccc(F)c2)c1. The van der Waals surface area contributed by atoms with Crippen molar-refractivity contribution in [3.05, 3.63) is 53.8 Å². The molecule has 0 bridgehead atoms. The highest BCUT2D eigenvalue weighted by Crippen LogP contribution is 2.29. The van der Waals surface area contributed by atoms with Crippen molar-refractivity contribution in [1.82, 2.24) is 0 Å². The van der Waals surface area contributed by atoms with Gasteiger partial charge in [-0.1, -0.05) is 12.1 Å². The summed E-state index contributed by atoms with van der Waals surface area (Å²) in [5.41, 5.74) is 1.82. The van der Waals surface area contributed by atoms with Crippen LogP contribution < -0.4 is 14.8 Å². The van der Waals surface area contributed by atoms with Gasteiger partial charge in [0.05, 0.1) is 19.9 Å². The summed E-state index contributed by atoms with van der Waals surface area (Å²) in [4.78, 5) is 0. The molecule has 2 rings (SSSR count). The molecule has 0 saturated heterocycles. The first-order chi connectivity index (χ1) is 10.1. The average molecular weight is 289 g/mol. The van der Waals surface area contributed by atoms with E-state index in [1.807, 2.05) is 31.2 Å². The molecule has 0 aliphatic rings. The molecule has 0 heterocycles. The van der Waals surface area contributed by atoms with Crippen LogP contribution in [0, 0.1) is 5.82 Å². The van der Waals surface area contributed by atoms with E-state index in [-0.39, 0.29) is 11.9 Å². The summed E-state index contributed by atoms with van der Waals surface area (Å²) < 4.78 is 23.8. The monoisotopic (exact) mass is 289 g/mol. The average Bonchev–Trinajstić information content (AvgIpc) is 2.47. The van der Waals surface area contributed by atoms with Gasteiger partial charge in [0.25, 0.3) is 0 Å². The van der Waals surface area contributed by atoms with Gasteiger partial charge in [0.1, 0.15) is 17.3 Å². The smallest absolute Gasteiger partial charge is 0.142 e. The van der Waals surface area contributed by atoms with Crippen molar-refractivity contribution in [2.45, 2.75) is 19.4 Å². The number of benzene rings is 2. The van der Waals surface area contributed by atoms with Gasteiger partial charge in [-0.2, -0.15) is 0 Å². The second kappa shape index (κ2) is 6.97. The minimum Gasteiger partial charge on any atom is -0.497 e. The number of nitrogens with one attached hydrogen (secondary N) is 1. The highest BCUT2D eigenvalue weighted by molar-refractivity contribution is 5.60. The summed E-state index contributed by atoms with van der Waals surface area (Å²) in [6.45, 7) is 2.05. The van der Waals surface area contributed by atoms with Gasteiger partial charge in [-0.3, -0.25) is 0 Å². The molecular formula is C17H20FNO2. The van der Waals surface area contributed by atoms with Crippen LogP contribution in [0.2, 0.25) is 0 Å². The lowest BCUT2D eigenvalue weighted by Crippen LogP contribution is -2.18. The summed E-state index contributed by atoms with van der Waals surface area (Å²) in [5.74, 6) is 1.30. The van der Waals surface area contributed by atoms with Crippen LogP contribution in [0.4, 0.5) is 10.1 Å². The number of rotatable bonds is 6. The normalized spacial score (nSPS) is 11.8. The van der Waals surface area contributed by atoms with Crippen molar-refractivity contribution in [2.75, 3.05) is 19.5 Å². The largest absolute Gasteiger partial charge is 0.497 e. The second-order valence-electron chi connectivity index (χ2n) is 4.95. The van der Waals surface area contributed by atoms with E-state index < -0.39 is 0 Å². The molecule has 1 N–H and O–H groups in total. The standard InChI is InChI=1S/C17H20FNO2/c1-12(9-13-5-4-6-14(18)10-13)19-16-11-15(20-2)7-8-17(16)21-3/h4-8,10-12,19H,9H2,1-3H3.